The number of hydrogen-bond acceptors (Lipinski definition) is 7. The highest BCUT2D eigenvalue weighted by Crippen LogP contribution is 2.10. The number of carboxylic acid groups (broad SMARTS) is 1. The van der Waals surface area contributed by atoms with Gasteiger partial charge in [0.05, 0.1) is 6.04 Å². The highest BCUT2D eigenvalue weighted by atomic mass is 32.2. The second-order valence-corrected chi connectivity index (χ2v) is 9.90. The summed E-state index contributed by atoms with van der Waals surface area (Å²) in [4.78, 5) is 62.1. The third kappa shape index (κ3) is 11.6. The zero-order chi connectivity index (χ0) is 28.0. The van der Waals surface area contributed by atoms with Crippen LogP contribution < -0.4 is 27.4 Å². The average molecular weight is 538 g/mol. The van der Waals surface area contributed by atoms with E-state index in [-0.39, 0.29) is 25.2 Å². The SMILES string of the molecule is CCC(C)C(NC(=O)C(CCC(N)=O)NC(=O)C(Cc1ccccc1)NC(=O)C(N)CCSC)C(=O)O. The Bertz CT molecular complexity index is 916. The maximum absolute atomic E-state index is 13.3. The quantitative estimate of drug-likeness (QED) is 0.162. The molecule has 0 aromatic heterocycles. The van der Waals surface area contributed by atoms with Crippen LogP contribution >= 0.6 is 11.8 Å². The summed E-state index contributed by atoms with van der Waals surface area (Å²) in [6.45, 7) is 3.47. The van der Waals surface area contributed by atoms with Crippen LogP contribution in [-0.2, 0) is 30.4 Å². The second kappa shape index (κ2) is 16.6. The lowest BCUT2D eigenvalue weighted by Crippen LogP contribution is -2.58. The molecule has 0 heterocycles. The molecule has 0 aliphatic heterocycles. The summed E-state index contributed by atoms with van der Waals surface area (Å²) in [5.41, 5.74) is 12.0. The van der Waals surface area contributed by atoms with Gasteiger partial charge >= 0.3 is 5.97 Å². The maximum Gasteiger partial charge on any atom is 0.326 e. The molecule has 1 rings (SSSR count). The zero-order valence-corrected chi connectivity index (χ0v) is 22.4. The summed E-state index contributed by atoms with van der Waals surface area (Å²) < 4.78 is 0. The van der Waals surface area contributed by atoms with Gasteiger partial charge in [0, 0.05) is 12.8 Å². The molecule has 0 bridgehead atoms. The number of carboxylic acids is 1. The van der Waals surface area contributed by atoms with Gasteiger partial charge in [-0.3, -0.25) is 19.2 Å². The molecule has 1 aromatic carbocycles. The molecular formula is C25H39N5O6S. The number of benzene rings is 1. The molecule has 8 N–H and O–H groups in total. The van der Waals surface area contributed by atoms with Crippen molar-refractivity contribution >= 4 is 41.4 Å². The number of primary amides is 1. The van der Waals surface area contributed by atoms with E-state index in [0.29, 0.717) is 18.6 Å². The zero-order valence-electron chi connectivity index (χ0n) is 21.6. The third-order valence-electron chi connectivity index (χ3n) is 5.97. The fraction of sp³-hybridized carbons (Fsp3) is 0.560. The third-order valence-corrected chi connectivity index (χ3v) is 6.62. The molecule has 206 valence electrons. The lowest BCUT2D eigenvalue weighted by molar-refractivity contribution is -0.144. The van der Waals surface area contributed by atoms with Crippen molar-refractivity contribution in [1.82, 2.24) is 16.0 Å². The number of rotatable bonds is 17. The Hall–Kier alpha value is -3.12. The molecule has 0 radical (unpaired) electrons. The molecule has 0 aliphatic rings. The second-order valence-electron chi connectivity index (χ2n) is 8.92. The predicted octanol–water partition coefficient (Wildman–Crippen LogP) is 0.160. The van der Waals surface area contributed by atoms with Gasteiger partial charge in [0.2, 0.25) is 23.6 Å². The Balaban J connectivity index is 3.13. The molecule has 5 unspecified atom stereocenters. The van der Waals surface area contributed by atoms with Gasteiger partial charge in [0.25, 0.3) is 0 Å². The highest BCUT2D eigenvalue weighted by Gasteiger charge is 2.32. The monoisotopic (exact) mass is 537 g/mol. The standard InChI is InChI=1S/C25H39N5O6S/c1-4-15(2)21(25(35)36)30-23(33)18(10-11-20(27)31)28-24(34)19(14-16-8-6-5-7-9-16)29-22(32)17(26)12-13-37-3/h5-9,15,17-19,21H,4,10-14,26H2,1-3H3,(H2,27,31)(H,28,34)(H,29,32)(H,30,33)(H,35,36). The summed E-state index contributed by atoms with van der Waals surface area (Å²) in [7, 11) is 0. The number of amides is 4. The van der Waals surface area contributed by atoms with Gasteiger partial charge < -0.3 is 32.5 Å². The van der Waals surface area contributed by atoms with Crippen LogP contribution in [0.5, 0.6) is 0 Å². The van der Waals surface area contributed by atoms with Crippen molar-refractivity contribution < 1.29 is 29.1 Å². The number of aliphatic carboxylic acids is 1. The van der Waals surface area contributed by atoms with Crippen molar-refractivity contribution in [2.24, 2.45) is 17.4 Å². The van der Waals surface area contributed by atoms with Crippen molar-refractivity contribution in [1.29, 1.82) is 0 Å². The summed E-state index contributed by atoms with van der Waals surface area (Å²) in [6.07, 6.45) is 2.58. The van der Waals surface area contributed by atoms with Gasteiger partial charge in [0.15, 0.2) is 0 Å². The topological polar surface area (TPSA) is 194 Å². The van der Waals surface area contributed by atoms with E-state index >= 15 is 0 Å². The van der Waals surface area contributed by atoms with Crippen LogP contribution in [0.1, 0.15) is 45.1 Å². The first-order chi connectivity index (χ1) is 17.5. The van der Waals surface area contributed by atoms with Gasteiger partial charge in [-0.25, -0.2) is 4.79 Å². The van der Waals surface area contributed by atoms with E-state index in [0.717, 1.165) is 5.56 Å². The minimum Gasteiger partial charge on any atom is -0.480 e. The molecule has 0 saturated heterocycles. The smallest absolute Gasteiger partial charge is 0.326 e. The molecule has 12 heteroatoms. The molecule has 5 atom stereocenters. The van der Waals surface area contributed by atoms with Crippen LogP contribution in [0.15, 0.2) is 30.3 Å². The number of nitrogens with two attached hydrogens (primary N) is 2. The first-order valence-electron chi connectivity index (χ1n) is 12.2. The van der Waals surface area contributed by atoms with E-state index in [2.05, 4.69) is 16.0 Å². The first kappa shape index (κ1) is 31.9. The van der Waals surface area contributed by atoms with Crippen molar-refractivity contribution in [2.75, 3.05) is 12.0 Å². The van der Waals surface area contributed by atoms with E-state index in [1.54, 1.807) is 49.9 Å². The summed E-state index contributed by atoms with van der Waals surface area (Å²) in [5, 5.41) is 17.2. The fourth-order valence-corrected chi connectivity index (χ4v) is 3.97. The van der Waals surface area contributed by atoms with E-state index in [1.165, 1.54) is 0 Å². The van der Waals surface area contributed by atoms with E-state index < -0.39 is 53.8 Å². The summed E-state index contributed by atoms with van der Waals surface area (Å²) >= 11 is 1.54. The summed E-state index contributed by atoms with van der Waals surface area (Å²) in [6, 6.07) is 4.67. The maximum atomic E-state index is 13.3. The van der Waals surface area contributed by atoms with Crippen molar-refractivity contribution in [3.8, 4) is 0 Å². The molecule has 0 fully saturated rings. The molecule has 0 saturated carbocycles. The van der Waals surface area contributed by atoms with Gasteiger partial charge in [-0.05, 0) is 36.3 Å². The molecular weight excluding hydrogens is 498 g/mol. The Morgan fingerprint density at radius 2 is 1.54 bits per heavy atom. The molecule has 4 amide bonds. The average Bonchev–Trinajstić information content (AvgIpc) is 2.87. The van der Waals surface area contributed by atoms with Crippen molar-refractivity contribution in [3.05, 3.63) is 35.9 Å². The van der Waals surface area contributed by atoms with Crippen LogP contribution in [0, 0.1) is 5.92 Å². The molecule has 0 aliphatic carbocycles. The van der Waals surface area contributed by atoms with Crippen LogP contribution in [0.4, 0.5) is 0 Å². The van der Waals surface area contributed by atoms with Gasteiger partial charge in [0.1, 0.15) is 18.1 Å². The predicted molar refractivity (Wildman–Crippen MR) is 142 cm³/mol. The van der Waals surface area contributed by atoms with Crippen LogP contribution in [0.3, 0.4) is 0 Å². The fourth-order valence-electron chi connectivity index (χ4n) is 3.48. The van der Waals surface area contributed by atoms with Crippen LogP contribution in [-0.4, -0.2) is 70.9 Å². The van der Waals surface area contributed by atoms with E-state index in [9.17, 15) is 29.1 Å². The Kier molecular flexibility index (Phi) is 14.3. The minimum atomic E-state index is -1.24. The highest BCUT2D eigenvalue weighted by molar-refractivity contribution is 7.98. The summed E-state index contributed by atoms with van der Waals surface area (Å²) in [5.74, 6) is -3.54. The Morgan fingerprint density at radius 1 is 0.946 bits per heavy atom. The number of carbonyl (C=O) groups excluding carboxylic acids is 4. The lowest BCUT2D eigenvalue weighted by Gasteiger charge is -2.26. The van der Waals surface area contributed by atoms with Gasteiger partial charge in [-0.15, -0.1) is 0 Å². The lowest BCUT2D eigenvalue weighted by atomic mass is 9.98. The molecule has 37 heavy (non-hydrogen) atoms. The van der Waals surface area contributed by atoms with E-state index in [1.807, 2.05) is 12.3 Å². The number of carbonyl (C=O) groups is 5. The van der Waals surface area contributed by atoms with Gasteiger partial charge in [-0.2, -0.15) is 11.8 Å². The Morgan fingerprint density at radius 3 is 2.08 bits per heavy atom. The Labute approximate surface area is 221 Å². The normalized spacial score (nSPS) is 14.9. The number of thioether (sulfide) groups is 1. The van der Waals surface area contributed by atoms with Gasteiger partial charge in [-0.1, -0.05) is 50.6 Å². The van der Waals surface area contributed by atoms with Crippen molar-refractivity contribution in [2.45, 2.75) is 70.1 Å². The number of nitrogens with one attached hydrogen (secondary N) is 3. The van der Waals surface area contributed by atoms with Crippen LogP contribution in [0.2, 0.25) is 0 Å². The number of hydrogen-bond donors (Lipinski definition) is 6. The van der Waals surface area contributed by atoms with Crippen molar-refractivity contribution in [3.63, 3.8) is 0 Å². The van der Waals surface area contributed by atoms with Crippen LogP contribution in [0.25, 0.3) is 0 Å². The largest absolute Gasteiger partial charge is 0.480 e. The molecule has 0 spiro atoms. The minimum absolute atomic E-state index is 0.127. The molecule has 1 aromatic rings. The van der Waals surface area contributed by atoms with E-state index in [4.69, 9.17) is 11.5 Å². The first-order valence-corrected chi connectivity index (χ1v) is 13.6. The molecule has 11 nitrogen and oxygen atoms in total.